The van der Waals surface area contributed by atoms with E-state index < -0.39 is 78.5 Å². The lowest BCUT2D eigenvalue weighted by Crippen LogP contribution is -2.57. The molecule has 0 radical (unpaired) electrons. The van der Waals surface area contributed by atoms with Gasteiger partial charge in [0.05, 0.1) is 6.42 Å². The molecule has 210 valence electrons. The normalized spacial score (nSPS) is 14.7. The van der Waals surface area contributed by atoms with Crippen LogP contribution in [0.3, 0.4) is 0 Å². The molecule has 0 bridgehead atoms. The molecule has 0 aromatic heterocycles. The minimum atomic E-state index is -1.62. The molecule has 0 heterocycles. The first-order valence-electron chi connectivity index (χ1n) is 12.0. The van der Waals surface area contributed by atoms with Gasteiger partial charge in [0.1, 0.15) is 18.1 Å². The van der Waals surface area contributed by atoms with Gasteiger partial charge in [-0.15, -0.1) is 0 Å². The molecule has 0 saturated carbocycles. The van der Waals surface area contributed by atoms with Crippen molar-refractivity contribution in [1.82, 2.24) is 21.3 Å². The van der Waals surface area contributed by atoms with Gasteiger partial charge < -0.3 is 36.6 Å². The Bertz CT molecular complexity index is 847. The quantitative estimate of drug-likeness (QED) is 0.121. The van der Waals surface area contributed by atoms with Crippen molar-refractivity contribution in [1.29, 1.82) is 0 Å². The first kappa shape index (κ1) is 33.3. The number of carbonyl (C=O) groups is 7. The standard InChI is InChI=1S/C23H38N4O10/c1-5-12(2)10-17(28)26-15(7-9-19(31)32)22(36)27-16(11-20(33)34)23(37)25-14(4)21(35)24-13(3)6-8-18(29)30/h12-16H,5-11H2,1-4H3,(H,24,35)(H,25,37)(H,26,28)(H,27,36)(H,29,30)(H,31,32)(H,33,34). The number of hydrogen-bond donors (Lipinski definition) is 7. The second-order valence-electron chi connectivity index (χ2n) is 9.00. The van der Waals surface area contributed by atoms with Crippen molar-refractivity contribution in [2.75, 3.05) is 0 Å². The number of hydrogen-bond acceptors (Lipinski definition) is 7. The summed E-state index contributed by atoms with van der Waals surface area (Å²) in [4.78, 5) is 83.0. The number of aliphatic carboxylic acids is 3. The van der Waals surface area contributed by atoms with Crippen LogP contribution < -0.4 is 21.3 Å². The maximum absolute atomic E-state index is 12.8. The van der Waals surface area contributed by atoms with Gasteiger partial charge in [0.2, 0.25) is 23.6 Å². The Morgan fingerprint density at radius 3 is 1.68 bits per heavy atom. The van der Waals surface area contributed by atoms with E-state index in [0.29, 0.717) is 6.42 Å². The van der Waals surface area contributed by atoms with E-state index in [1.54, 1.807) is 6.92 Å². The highest BCUT2D eigenvalue weighted by Gasteiger charge is 2.30. The SMILES string of the molecule is CCC(C)CC(=O)NC(CCC(=O)O)C(=O)NC(CC(=O)O)C(=O)NC(C)C(=O)NC(C)CCC(=O)O. The molecule has 0 rings (SSSR count). The number of carbonyl (C=O) groups excluding carboxylic acids is 4. The molecule has 0 aliphatic carbocycles. The van der Waals surface area contributed by atoms with Crippen LogP contribution in [-0.4, -0.2) is 81.0 Å². The third kappa shape index (κ3) is 15.1. The number of nitrogens with one attached hydrogen (secondary N) is 4. The summed E-state index contributed by atoms with van der Waals surface area (Å²) in [6.07, 6.45) is -0.829. The van der Waals surface area contributed by atoms with Gasteiger partial charge in [-0.25, -0.2) is 0 Å². The van der Waals surface area contributed by atoms with Crippen molar-refractivity contribution >= 4 is 41.5 Å². The first-order chi connectivity index (χ1) is 17.2. The first-order valence-corrected chi connectivity index (χ1v) is 12.0. The third-order valence-electron chi connectivity index (χ3n) is 5.47. The molecule has 0 aliphatic heterocycles. The number of carboxylic acids is 3. The van der Waals surface area contributed by atoms with Gasteiger partial charge in [-0.05, 0) is 32.6 Å². The van der Waals surface area contributed by atoms with Crippen LogP contribution in [-0.2, 0) is 33.6 Å². The monoisotopic (exact) mass is 530 g/mol. The van der Waals surface area contributed by atoms with E-state index in [0.717, 1.165) is 0 Å². The molecule has 0 saturated heterocycles. The second kappa shape index (κ2) is 16.9. The highest BCUT2D eigenvalue weighted by molar-refractivity contribution is 5.96. The van der Waals surface area contributed by atoms with Gasteiger partial charge in [-0.3, -0.25) is 33.6 Å². The van der Waals surface area contributed by atoms with Gasteiger partial charge in [0.15, 0.2) is 0 Å². The predicted octanol–water partition coefficient (Wildman–Crippen LogP) is -0.394. The third-order valence-corrected chi connectivity index (χ3v) is 5.47. The average molecular weight is 531 g/mol. The Balaban J connectivity index is 5.35. The number of amides is 4. The average Bonchev–Trinajstić information content (AvgIpc) is 2.78. The van der Waals surface area contributed by atoms with Crippen LogP contribution in [0.5, 0.6) is 0 Å². The van der Waals surface area contributed by atoms with E-state index in [9.17, 15) is 38.7 Å². The summed E-state index contributed by atoms with van der Waals surface area (Å²) in [5, 5.41) is 36.4. The Labute approximate surface area is 214 Å². The van der Waals surface area contributed by atoms with Crippen molar-refractivity contribution in [3.63, 3.8) is 0 Å². The molecule has 4 amide bonds. The summed E-state index contributed by atoms with van der Waals surface area (Å²) in [5.74, 6) is -6.75. The van der Waals surface area contributed by atoms with E-state index in [2.05, 4.69) is 21.3 Å². The highest BCUT2D eigenvalue weighted by atomic mass is 16.4. The van der Waals surface area contributed by atoms with Crippen LogP contribution in [0.1, 0.15) is 72.6 Å². The highest BCUT2D eigenvalue weighted by Crippen LogP contribution is 2.08. The molecule has 14 heteroatoms. The van der Waals surface area contributed by atoms with Crippen molar-refractivity contribution in [3.05, 3.63) is 0 Å². The molecule has 5 unspecified atom stereocenters. The van der Waals surface area contributed by atoms with Crippen LogP contribution in [0.2, 0.25) is 0 Å². The van der Waals surface area contributed by atoms with Gasteiger partial charge in [0, 0.05) is 25.3 Å². The fraction of sp³-hybridized carbons (Fsp3) is 0.696. The fourth-order valence-electron chi connectivity index (χ4n) is 3.07. The Morgan fingerprint density at radius 2 is 1.16 bits per heavy atom. The smallest absolute Gasteiger partial charge is 0.305 e. The van der Waals surface area contributed by atoms with Gasteiger partial charge in [0.25, 0.3) is 0 Å². The zero-order valence-corrected chi connectivity index (χ0v) is 21.5. The molecule has 37 heavy (non-hydrogen) atoms. The minimum absolute atomic E-state index is 0.00759. The van der Waals surface area contributed by atoms with E-state index in [4.69, 9.17) is 10.2 Å². The summed E-state index contributed by atoms with van der Waals surface area (Å²) in [5.41, 5.74) is 0. The lowest BCUT2D eigenvalue weighted by Gasteiger charge is -2.24. The molecule has 0 spiro atoms. The molecule has 0 aromatic rings. The van der Waals surface area contributed by atoms with E-state index in [-0.39, 0.29) is 31.6 Å². The maximum atomic E-state index is 12.8. The van der Waals surface area contributed by atoms with Crippen molar-refractivity contribution in [2.24, 2.45) is 5.92 Å². The largest absolute Gasteiger partial charge is 0.481 e. The predicted molar refractivity (Wildman–Crippen MR) is 129 cm³/mol. The Morgan fingerprint density at radius 1 is 0.622 bits per heavy atom. The summed E-state index contributed by atoms with van der Waals surface area (Å²) < 4.78 is 0. The van der Waals surface area contributed by atoms with Crippen LogP contribution in [0, 0.1) is 5.92 Å². The van der Waals surface area contributed by atoms with Crippen molar-refractivity contribution in [3.8, 4) is 0 Å². The van der Waals surface area contributed by atoms with E-state index >= 15 is 0 Å². The lowest BCUT2D eigenvalue weighted by molar-refractivity contribution is -0.141. The molecule has 5 atom stereocenters. The Hall–Kier alpha value is -3.71. The topological polar surface area (TPSA) is 228 Å². The van der Waals surface area contributed by atoms with E-state index in [1.165, 1.54) is 6.92 Å². The summed E-state index contributed by atoms with van der Waals surface area (Å²) in [7, 11) is 0. The molecule has 14 nitrogen and oxygen atoms in total. The van der Waals surface area contributed by atoms with Crippen molar-refractivity contribution < 1.29 is 48.9 Å². The summed E-state index contributed by atoms with van der Waals surface area (Å²) in [6, 6.07) is -4.60. The summed E-state index contributed by atoms with van der Waals surface area (Å²) >= 11 is 0. The lowest BCUT2D eigenvalue weighted by atomic mass is 10.0. The van der Waals surface area contributed by atoms with Gasteiger partial charge in [-0.2, -0.15) is 0 Å². The fourth-order valence-corrected chi connectivity index (χ4v) is 3.07. The van der Waals surface area contributed by atoms with Crippen LogP contribution in [0.25, 0.3) is 0 Å². The van der Waals surface area contributed by atoms with Crippen molar-refractivity contribution in [2.45, 2.75) is 96.8 Å². The molecule has 0 aliphatic rings. The molecule has 0 aromatic carbocycles. The second-order valence-corrected chi connectivity index (χ2v) is 9.00. The number of rotatable bonds is 18. The molecule has 7 N–H and O–H groups in total. The van der Waals surface area contributed by atoms with E-state index in [1.807, 2.05) is 13.8 Å². The van der Waals surface area contributed by atoms with Crippen LogP contribution >= 0.6 is 0 Å². The Kier molecular flexibility index (Phi) is 15.2. The van der Waals surface area contributed by atoms with Gasteiger partial charge in [-0.1, -0.05) is 20.3 Å². The molecule has 0 fully saturated rings. The summed E-state index contributed by atoms with van der Waals surface area (Å²) in [6.45, 7) is 6.60. The van der Waals surface area contributed by atoms with Crippen LogP contribution in [0.15, 0.2) is 0 Å². The number of carboxylic acid groups (broad SMARTS) is 3. The molecular formula is C23H38N4O10. The maximum Gasteiger partial charge on any atom is 0.305 e. The minimum Gasteiger partial charge on any atom is -0.481 e. The zero-order valence-electron chi connectivity index (χ0n) is 21.5. The molecular weight excluding hydrogens is 492 g/mol. The zero-order chi connectivity index (χ0) is 28.7. The van der Waals surface area contributed by atoms with Gasteiger partial charge >= 0.3 is 17.9 Å². The van der Waals surface area contributed by atoms with Crippen LogP contribution in [0.4, 0.5) is 0 Å².